The lowest BCUT2D eigenvalue weighted by Crippen LogP contribution is -2.36. The molecule has 0 aromatic heterocycles. The summed E-state index contributed by atoms with van der Waals surface area (Å²) in [7, 11) is 0. The van der Waals surface area contributed by atoms with Crippen LogP contribution in [0, 0.1) is 5.41 Å². The van der Waals surface area contributed by atoms with Crippen molar-refractivity contribution < 1.29 is 4.74 Å². The molecule has 1 N–H and O–H groups in total. The Morgan fingerprint density at radius 3 is 2.86 bits per heavy atom. The zero-order valence-corrected chi connectivity index (χ0v) is 9.35. The summed E-state index contributed by atoms with van der Waals surface area (Å²) >= 11 is 0. The fraction of sp³-hybridized carbons (Fsp3) is 1.00. The zero-order chi connectivity index (χ0) is 9.86. The highest BCUT2D eigenvalue weighted by molar-refractivity contribution is 4.89. The van der Waals surface area contributed by atoms with E-state index in [9.17, 15) is 0 Å². The third-order valence-electron chi connectivity index (χ3n) is 3.59. The summed E-state index contributed by atoms with van der Waals surface area (Å²) in [5, 5.41) is 3.67. The molecule has 2 fully saturated rings. The van der Waals surface area contributed by atoms with Crippen molar-refractivity contribution in [1.82, 2.24) is 5.32 Å². The molecule has 1 saturated carbocycles. The van der Waals surface area contributed by atoms with Gasteiger partial charge in [0.25, 0.3) is 0 Å². The van der Waals surface area contributed by atoms with Crippen molar-refractivity contribution in [2.45, 2.75) is 51.5 Å². The highest BCUT2D eigenvalue weighted by Crippen LogP contribution is 2.34. The van der Waals surface area contributed by atoms with Gasteiger partial charge in [0.2, 0.25) is 0 Å². The van der Waals surface area contributed by atoms with Crippen molar-refractivity contribution >= 4 is 0 Å². The monoisotopic (exact) mass is 197 g/mol. The average Bonchev–Trinajstić information content (AvgIpc) is 2.93. The van der Waals surface area contributed by atoms with E-state index in [0.29, 0.717) is 5.41 Å². The Morgan fingerprint density at radius 1 is 1.43 bits per heavy atom. The minimum atomic E-state index is 0.485. The summed E-state index contributed by atoms with van der Waals surface area (Å²) in [4.78, 5) is 0. The SMILES string of the molecule is CCCCC1(CNC2CC2)CCOC1. The van der Waals surface area contributed by atoms with Gasteiger partial charge in [-0.25, -0.2) is 0 Å². The normalized spacial score (nSPS) is 32.4. The molecule has 1 aliphatic heterocycles. The molecular formula is C12H23NO. The predicted octanol–water partition coefficient (Wildman–Crippen LogP) is 2.34. The van der Waals surface area contributed by atoms with E-state index in [4.69, 9.17) is 4.74 Å². The molecule has 1 saturated heterocycles. The van der Waals surface area contributed by atoms with Crippen LogP contribution in [0.3, 0.4) is 0 Å². The second kappa shape index (κ2) is 4.63. The molecule has 0 aromatic rings. The molecule has 2 heteroatoms. The molecule has 0 radical (unpaired) electrons. The van der Waals surface area contributed by atoms with Gasteiger partial charge in [0.15, 0.2) is 0 Å². The minimum absolute atomic E-state index is 0.485. The number of nitrogens with one attached hydrogen (secondary N) is 1. The van der Waals surface area contributed by atoms with Crippen LogP contribution >= 0.6 is 0 Å². The number of hydrogen-bond donors (Lipinski definition) is 1. The van der Waals surface area contributed by atoms with Crippen LogP contribution in [-0.2, 0) is 4.74 Å². The Balaban J connectivity index is 1.77. The first-order valence-electron chi connectivity index (χ1n) is 6.16. The lowest BCUT2D eigenvalue weighted by atomic mass is 9.82. The number of unbranched alkanes of at least 4 members (excludes halogenated alkanes) is 1. The predicted molar refractivity (Wildman–Crippen MR) is 58.4 cm³/mol. The Labute approximate surface area is 87.4 Å². The van der Waals surface area contributed by atoms with Crippen molar-refractivity contribution in [2.75, 3.05) is 19.8 Å². The van der Waals surface area contributed by atoms with Crippen molar-refractivity contribution in [2.24, 2.45) is 5.41 Å². The van der Waals surface area contributed by atoms with Crippen LogP contribution < -0.4 is 5.32 Å². The summed E-state index contributed by atoms with van der Waals surface area (Å²) in [6, 6.07) is 0.842. The van der Waals surface area contributed by atoms with E-state index in [2.05, 4.69) is 12.2 Å². The van der Waals surface area contributed by atoms with Gasteiger partial charge in [0.1, 0.15) is 0 Å². The summed E-state index contributed by atoms with van der Waals surface area (Å²) in [5.74, 6) is 0. The van der Waals surface area contributed by atoms with Gasteiger partial charge in [0, 0.05) is 24.6 Å². The highest BCUT2D eigenvalue weighted by Gasteiger charge is 2.35. The number of hydrogen-bond acceptors (Lipinski definition) is 2. The molecule has 0 spiro atoms. The second-order valence-electron chi connectivity index (χ2n) is 5.06. The quantitative estimate of drug-likeness (QED) is 0.705. The summed E-state index contributed by atoms with van der Waals surface area (Å²) in [6.07, 6.45) is 8.08. The van der Waals surface area contributed by atoms with Crippen molar-refractivity contribution in [3.63, 3.8) is 0 Å². The molecule has 14 heavy (non-hydrogen) atoms. The Kier molecular flexibility index (Phi) is 3.45. The molecule has 0 amide bonds. The lowest BCUT2D eigenvalue weighted by Gasteiger charge is -2.27. The Morgan fingerprint density at radius 2 is 2.29 bits per heavy atom. The first kappa shape index (κ1) is 10.4. The van der Waals surface area contributed by atoms with Crippen molar-refractivity contribution in [3.8, 4) is 0 Å². The van der Waals surface area contributed by atoms with Crippen LogP contribution in [0.25, 0.3) is 0 Å². The summed E-state index contributed by atoms with van der Waals surface area (Å²) < 4.78 is 5.57. The van der Waals surface area contributed by atoms with E-state index in [1.165, 1.54) is 45.1 Å². The fourth-order valence-corrected chi connectivity index (χ4v) is 2.27. The third kappa shape index (κ3) is 2.71. The van der Waals surface area contributed by atoms with Gasteiger partial charge in [-0.15, -0.1) is 0 Å². The maximum atomic E-state index is 5.57. The molecule has 1 aliphatic carbocycles. The molecule has 1 atom stereocenters. The Bertz CT molecular complexity index is 171. The first-order chi connectivity index (χ1) is 6.85. The van der Waals surface area contributed by atoms with Crippen molar-refractivity contribution in [3.05, 3.63) is 0 Å². The van der Waals surface area contributed by atoms with E-state index >= 15 is 0 Å². The minimum Gasteiger partial charge on any atom is -0.381 e. The van der Waals surface area contributed by atoms with Gasteiger partial charge in [-0.2, -0.15) is 0 Å². The smallest absolute Gasteiger partial charge is 0.0535 e. The summed E-state index contributed by atoms with van der Waals surface area (Å²) in [5.41, 5.74) is 0.485. The second-order valence-corrected chi connectivity index (χ2v) is 5.06. The molecule has 82 valence electrons. The van der Waals surface area contributed by atoms with Crippen LogP contribution in [0.15, 0.2) is 0 Å². The molecule has 2 aliphatic rings. The standard InChI is InChI=1S/C12H23NO/c1-2-3-6-12(7-8-14-10-12)9-13-11-4-5-11/h11,13H,2-10H2,1H3. The van der Waals surface area contributed by atoms with Gasteiger partial charge < -0.3 is 10.1 Å². The lowest BCUT2D eigenvalue weighted by molar-refractivity contribution is 0.142. The van der Waals surface area contributed by atoms with Crippen LogP contribution in [0.1, 0.15) is 45.4 Å². The molecule has 0 bridgehead atoms. The van der Waals surface area contributed by atoms with Gasteiger partial charge in [0.05, 0.1) is 6.61 Å². The molecular weight excluding hydrogens is 174 g/mol. The number of rotatable bonds is 6. The van der Waals surface area contributed by atoms with E-state index in [-0.39, 0.29) is 0 Å². The van der Waals surface area contributed by atoms with Gasteiger partial charge >= 0.3 is 0 Å². The average molecular weight is 197 g/mol. The largest absolute Gasteiger partial charge is 0.381 e. The third-order valence-corrected chi connectivity index (χ3v) is 3.59. The molecule has 1 unspecified atom stereocenters. The summed E-state index contributed by atoms with van der Waals surface area (Å²) in [6.45, 7) is 5.44. The van der Waals surface area contributed by atoms with Crippen LogP contribution in [0.5, 0.6) is 0 Å². The maximum Gasteiger partial charge on any atom is 0.0535 e. The van der Waals surface area contributed by atoms with Crippen LogP contribution in [0.4, 0.5) is 0 Å². The zero-order valence-electron chi connectivity index (χ0n) is 9.35. The highest BCUT2D eigenvalue weighted by atomic mass is 16.5. The van der Waals surface area contributed by atoms with Gasteiger partial charge in [-0.3, -0.25) is 0 Å². The maximum absolute atomic E-state index is 5.57. The Hall–Kier alpha value is -0.0800. The van der Waals surface area contributed by atoms with Crippen LogP contribution in [0.2, 0.25) is 0 Å². The van der Waals surface area contributed by atoms with E-state index in [1.54, 1.807) is 0 Å². The topological polar surface area (TPSA) is 21.3 Å². The van der Waals surface area contributed by atoms with Gasteiger partial charge in [-0.1, -0.05) is 19.8 Å². The fourth-order valence-electron chi connectivity index (χ4n) is 2.27. The molecule has 0 aromatic carbocycles. The van der Waals surface area contributed by atoms with Gasteiger partial charge in [-0.05, 0) is 25.7 Å². The van der Waals surface area contributed by atoms with Crippen molar-refractivity contribution in [1.29, 1.82) is 0 Å². The van der Waals surface area contributed by atoms with Crippen LogP contribution in [-0.4, -0.2) is 25.8 Å². The number of ether oxygens (including phenoxy) is 1. The van der Waals surface area contributed by atoms with E-state index in [1.807, 2.05) is 0 Å². The van der Waals surface area contributed by atoms with E-state index in [0.717, 1.165) is 19.3 Å². The molecule has 2 rings (SSSR count). The first-order valence-corrected chi connectivity index (χ1v) is 6.16. The molecule has 1 heterocycles. The van der Waals surface area contributed by atoms with E-state index < -0.39 is 0 Å². The molecule has 2 nitrogen and oxygen atoms in total.